The van der Waals surface area contributed by atoms with E-state index in [0.717, 1.165) is 16.8 Å². The number of para-hydroxylation sites is 1. The number of amides is 1. The second-order valence-corrected chi connectivity index (χ2v) is 6.50. The molecule has 26 heavy (non-hydrogen) atoms. The van der Waals surface area contributed by atoms with Crippen LogP contribution < -0.4 is 10.9 Å². The van der Waals surface area contributed by atoms with Crippen molar-refractivity contribution in [3.63, 3.8) is 0 Å². The molecular weight excluding hydrogens is 334 g/mol. The molecule has 0 spiro atoms. The number of nitrogens with one attached hydrogen (secondary N) is 1. The Bertz CT molecular complexity index is 869. The molecule has 0 radical (unpaired) electrons. The molecule has 0 atom stereocenters. The second-order valence-electron chi connectivity index (χ2n) is 6.50. The second kappa shape index (κ2) is 7.99. The van der Waals surface area contributed by atoms with E-state index in [1.807, 2.05) is 39.0 Å². The summed E-state index contributed by atoms with van der Waals surface area (Å²) in [6.07, 6.45) is 0. The van der Waals surface area contributed by atoms with Gasteiger partial charge in [0, 0.05) is 11.8 Å². The van der Waals surface area contributed by atoms with Crippen molar-refractivity contribution in [2.45, 2.75) is 40.5 Å². The van der Waals surface area contributed by atoms with Crippen molar-refractivity contribution in [3.05, 3.63) is 62.7 Å². The van der Waals surface area contributed by atoms with Gasteiger partial charge in [-0.25, -0.2) is 9.59 Å². The first kappa shape index (κ1) is 19.4. The van der Waals surface area contributed by atoms with Crippen LogP contribution >= 0.6 is 0 Å². The van der Waals surface area contributed by atoms with Gasteiger partial charge in [-0.3, -0.25) is 4.79 Å². The predicted molar refractivity (Wildman–Crippen MR) is 98.6 cm³/mol. The summed E-state index contributed by atoms with van der Waals surface area (Å²) in [6.45, 7) is 8.68. The number of rotatable bonds is 5. The van der Waals surface area contributed by atoms with Crippen molar-refractivity contribution >= 4 is 17.6 Å². The van der Waals surface area contributed by atoms with E-state index in [-0.39, 0.29) is 17.2 Å². The number of hydrogen-bond donors (Lipinski definition) is 1. The van der Waals surface area contributed by atoms with E-state index in [9.17, 15) is 14.4 Å². The van der Waals surface area contributed by atoms with Crippen LogP contribution in [0.25, 0.3) is 0 Å². The summed E-state index contributed by atoms with van der Waals surface area (Å²) in [6, 6.07) is 7.02. The van der Waals surface area contributed by atoms with E-state index in [2.05, 4.69) is 5.32 Å². The van der Waals surface area contributed by atoms with Gasteiger partial charge < -0.3 is 14.5 Å². The fourth-order valence-corrected chi connectivity index (χ4v) is 2.78. The summed E-state index contributed by atoms with van der Waals surface area (Å²) in [7, 11) is 0. The van der Waals surface area contributed by atoms with Gasteiger partial charge in [0.25, 0.3) is 5.91 Å². The average molecular weight is 357 g/mol. The topological polar surface area (TPSA) is 85.6 Å². The molecule has 138 valence electrons. The summed E-state index contributed by atoms with van der Waals surface area (Å²) in [5.41, 5.74) is 2.77. The standard InChI is InChI=1S/C20H23NO5/c1-11(2)15-8-6-7-12(3)19(15)21-16(22)10-25-20(24)18-13(4)9-17(23)26-14(18)5/h6-9,11H,10H2,1-5H3,(H,21,22). The van der Waals surface area contributed by atoms with E-state index < -0.39 is 24.1 Å². The fraction of sp³-hybridized carbons (Fsp3) is 0.350. The molecule has 0 fully saturated rings. The summed E-state index contributed by atoms with van der Waals surface area (Å²) < 4.78 is 10.0. The number of carbonyl (C=O) groups excluding carboxylic acids is 2. The Morgan fingerprint density at radius 1 is 1.15 bits per heavy atom. The van der Waals surface area contributed by atoms with E-state index >= 15 is 0 Å². The van der Waals surface area contributed by atoms with Crippen LogP contribution in [0.2, 0.25) is 0 Å². The van der Waals surface area contributed by atoms with Crippen molar-refractivity contribution in [2.75, 3.05) is 11.9 Å². The van der Waals surface area contributed by atoms with Crippen LogP contribution in [0.3, 0.4) is 0 Å². The van der Waals surface area contributed by atoms with Crippen molar-refractivity contribution < 1.29 is 18.7 Å². The SMILES string of the molecule is Cc1cccc(C(C)C)c1NC(=O)COC(=O)c1c(C)cc(=O)oc1C. The van der Waals surface area contributed by atoms with Gasteiger partial charge in [0.2, 0.25) is 0 Å². The molecule has 0 bridgehead atoms. The third-order valence-electron chi connectivity index (χ3n) is 4.06. The van der Waals surface area contributed by atoms with E-state index in [1.54, 1.807) is 6.92 Å². The number of hydrogen-bond acceptors (Lipinski definition) is 5. The van der Waals surface area contributed by atoms with E-state index in [1.165, 1.54) is 13.0 Å². The first-order valence-electron chi connectivity index (χ1n) is 8.38. The first-order valence-corrected chi connectivity index (χ1v) is 8.38. The molecule has 0 unspecified atom stereocenters. The molecule has 6 heteroatoms. The molecule has 0 aliphatic heterocycles. The van der Waals surface area contributed by atoms with E-state index in [4.69, 9.17) is 9.15 Å². The number of esters is 1. The third kappa shape index (κ3) is 4.39. The van der Waals surface area contributed by atoms with Crippen LogP contribution in [0.4, 0.5) is 5.69 Å². The quantitative estimate of drug-likeness (QED) is 0.828. The monoisotopic (exact) mass is 357 g/mol. The zero-order valence-corrected chi connectivity index (χ0v) is 15.6. The van der Waals surface area contributed by atoms with Crippen molar-refractivity contribution in [2.24, 2.45) is 0 Å². The van der Waals surface area contributed by atoms with Gasteiger partial charge in [-0.2, -0.15) is 0 Å². The molecule has 0 aliphatic carbocycles. The Morgan fingerprint density at radius 2 is 1.85 bits per heavy atom. The van der Waals surface area contributed by atoms with Gasteiger partial charge in [0.15, 0.2) is 6.61 Å². The molecule has 1 heterocycles. The third-order valence-corrected chi connectivity index (χ3v) is 4.06. The predicted octanol–water partition coefficient (Wildman–Crippen LogP) is 3.48. The van der Waals surface area contributed by atoms with Crippen LogP contribution in [0.5, 0.6) is 0 Å². The maximum Gasteiger partial charge on any atom is 0.342 e. The summed E-state index contributed by atoms with van der Waals surface area (Å²) in [5.74, 6) is -0.721. The number of aryl methyl sites for hydroxylation is 3. The van der Waals surface area contributed by atoms with E-state index in [0.29, 0.717) is 5.56 Å². The molecule has 1 amide bonds. The Kier molecular flexibility index (Phi) is 5.97. The number of benzene rings is 1. The lowest BCUT2D eigenvalue weighted by Crippen LogP contribution is -2.23. The minimum Gasteiger partial charge on any atom is -0.452 e. The van der Waals surface area contributed by atoms with Crippen LogP contribution in [-0.2, 0) is 9.53 Å². The molecule has 1 N–H and O–H groups in total. The smallest absolute Gasteiger partial charge is 0.342 e. The maximum atomic E-state index is 12.2. The molecule has 0 saturated heterocycles. The van der Waals surface area contributed by atoms with Crippen LogP contribution in [0, 0.1) is 20.8 Å². The molecule has 2 aromatic rings. The zero-order chi connectivity index (χ0) is 19.4. The van der Waals surface area contributed by atoms with Crippen molar-refractivity contribution in [1.82, 2.24) is 0 Å². The van der Waals surface area contributed by atoms with Crippen LogP contribution in [-0.4, -0.2) is 18.5 Å². The van der Waals surface area contributed by atoms with Gasteiger partial charge >= 0.3 is 11.6 Å². The summed E-state index contributed by atoms with van der Waals surface area (Å²) in [4.78, 5) is 35.8. The summed E-state index contributed by atoms with van der Waals surface area (Å²) >= 11 is 0. The Labute approximate surface area is 152 Å². The molecule has 0 aliphatic rings. The maximum absolute atomic E-state index is 12.2. The molecule has 1 aromatic carbocycles. The first-order chi connectivity index (χ1) is 12.2. The lowest BCUT2D eigenvalue weighted by molar-refractivity contribution is -0.119. The highest BCUT2D eigenvalue weighted by Gasteiger charge is 2.19. The van der Waals surface area contributed by atoms with Gasteiger partial charge in [0.1, 0.15) is 11.3 Å². The highest BCUT2D eigenvalue weighted by molar-refractivity contribution is 5.97. The average Bonchev–Trinajstić information content (AvgIpc) is 2.53. The van der Waals surface area contributed by atoms with Crippen molar-refractivity contribution in [1.29, 1.82) is 0 Å². The zero-order valence-electron chi connectivity index (χ0n) is 15.6. The molecule has 1 aromatic heterocycles. The summed E-state index contributed by atoms with van der Waals surface area (Å²) in [5, 5.41) is 2.82. The minimum atomic E-state index is -0.701. The largest absolute Gasteiger partial charge is 0.452 e. The Morgan fingerprint density at radius 3 is 2.46 bits per heavy atom. The lowest BCUT2D eigenvalue weighted by Gasteiger charge is -2.16. The number of ether oxygens (including phenoxy) is 1. The van der Waals surface area contributed by atoms with Crippen LogP contribution in [0.1, 0.15) is 52.6 Å². The number of anilines is 1. The molecule has 0 saturated carbocycles. The fourth-order valence-electron chi connectivity index (χ4n) is 2.78. The number of carbonyl (C=O) groups is 2. The van der Waals surface area contributed by atoms with Crippen LogP contribution in [0.15, 0.2) is 33.5 Å². The molecule has 2 rings (SSSR count). The lowest BCUT2D eigenvalue weighted by atomic mass is 9.98. The normalized spacial score (nSPS) is 10.7. The van der Waals surface area contributed by atoms with Gasteiger partial charge in [-0.05, 0) is 43.4 Å². The van der Waals surface area contributed by atoms with Gasteiger partial charge in [0.05, 0.1) is 0 Å². The molecule has 6 nitrogen and oxygen atoms in total. The van der Waals surface area contributed by atoms with Gasteiger partial charge in [-0.15, -0.1) is 0 Å². The molecular formula is C20H23NO5. The Balaban J connectivity index is 2.09. The highest BCUT2D eigenvalue weighted by atomic mass is 16.5. The van der Waals surface area contributed by atoms with Crippen molar-refractivity contribution in [3.8, 4) is 0 Å². The minimum absolute atomic E-state index is 0.163. The Hall–Kier alpha value is -2.89. The highest BCUT2D eigenvalue weighted by Crippen LogP contribution is 2.27. The van der Waals surface area contributed by atoms with Gasteiger partial charge in [-0.1, -0.05) is 32.0 Å².